The number of nitrogens with one attached hydrogen (secondary N) is 2. The van der Waals surface area contributed by atoms with Gasteiger partial charge in [-0.3, -0.25) is 0 Å². The van der Waals surface area contributed by atoms with Crippen molar-refractivity contribution in [1.82, 2.24) is 5.32 Å². The molecule has 0 unspecified atom stereocenters. The number of piperazine rings is 1. The van der Waals surface area contributed by atoms with Gasteiger partial charge in [-0.25, -0.2) is 0 Å². The van der Waals surface area contributed by atoms with E-state index in [-0.39, 0.29) is 0 Å². The van der Waals surface area contributed by atoms with Crippen molar-refractivity contribution in [3.05, 3.63) is 24.3 Å². The molecule has 2 N–H and O–H groups in total. The number of hydrogen-bond donors (Lipinski definition) is 2. The van der Waals surface area contributed by atoms with Crippen LogP contribution in [0, 0.1) is 0 Å². The third-order valence-corrected chi connectivity index (χ3v) is 3.16. The maximum Gasteiger partial charge on any atom is 0.0386 e. The summed E-state index contributed by atoms with van der Waals surface area (Å²) in [6.45, 7) is 9.84. The molecule has 0 amide bonds. The van der Waals surface area contributed by atoms with Crippen molar-refractivity contribution in [1.29, 1.82) is 0 Å². The van der Waals surface area contributed by atoms with Crippen LogP contribution in [0.2, 0.25) is 0 Å². The first-order valence-corrected chi connectivity index (χ1v) is 6.51. The van der Waals surface area contributed by atoms with Crippen LogP contribution in [-0.2, 0) is 0 Å². The lowest BCUT2D eigenvalue weighted by Gasteiger charge is -2.36. The second-order valence-corrected chi connectivity index (χ2v) is 5.09. The molecule has 2 rings (SSSR count). The minimum atomic E-state index is 0.485. The van der Waals surface area contributed by atoms with Crippen LogP contribution >= 0.6 is 0 Å². The van der Waals surface area contributed by atoms with Gasteiger partial charge in [0.15, 0.2) is 0 Å². The van der Waals surface area contributed by atoms with Crippen LogP contribution in [0.3, 0.4) is 0 Å². The van der Waals surface area contributed by atoms with Gasteiger partial charge in [-0.05, 0) is 45.0 Å². The summed E-state index contributed by atoms with van der Waals surface area (Å²) < 4.78 is 0. The smallest absolute Gasteiger partial charge is 0.0386 e. The third kappa shape index (κ3) is 3.13. The van der Waals surface area contributed by atoms with Gasteiger partial charge in [0, 0.05) is 43.1 Å². The summed E-state index contributed by atoms with van der Waals surface area (Å²) in [4.78, 5) is 2.47. The van der Waals surface area contributed by atoms with E-state index in [0.717, 1.165) is 19.6 Å². The van der Waals surface area contributed by atoms with Crippen molar-refractivity contribution in [2.24, 2.45) is 0 Å². The fourth-order valence-electron chi connectivity index (χ4n) is 2.31. The summed E-state index contributed by atoms with van der Waals surface area (Å²) in [5, 5.41) is 6.83. The van der Waals surface area contributed by atoms with Gasteiger partial charge in [0.2, 0.25) is 0 Å². The van der Waals surface area contributed by atoms with Crippen molar-refractivity contribution < 1.29 is 0 Å². The van der Waals surface area contributed by atoms with E-state index in [2.05, 4.69) is 60.6 Å². The Kier molecular flexibility index (Phi) is 3.89. The highest BCUT2D eigenvalue weighted by Crippen LogP contribution is 2.21. The van der Waals surface area contributed by atoms with Gasteiger partial charge in [-0.2, -0.15) is 0 Å². The molecule has 1 atom stereocenters. The number of hydrogen-bond acceptors (Lipinski definition) is 3. The number of nitrogens with zero attached hydrogens (tertiary/aromatic N) is 1. The van der Waals surface area contributed by atoms with E-state index >= 15 is 0 Å². The van der Waals surface area contributed by atoms with Gasteiger partial charge in [0.05, 0.1) is 0 Å². The number of rotatable bonds is 3. The molecule has 1 aliphatic heterocycles. The van der Waals surface area contributed by atoms with Gasteiger partial charge in [0.25, 0.3) is 0 Å². The molecular formula is C14H23N3. The van der Waals surface area contributed by atoms with Crippen molar-refractivity contribution in [2.45, 2.75) is 32.9 Å². The molecule has 1 aromatic rings. The molecule has 3 heteroatoms. The van der Waals surface area contributed by atoms with Crippen LogP contribution in [0.4, 0.5) is 11.4 Å². The summed E-state index contributed by atoms with van der Waals surface area (Å²) in [6.07, 6.45) is 0. The molecule has 0 spiro atoms. The predicted molar refractivity (Wildman–Crippen MR) is 74.9 cm³/mol. The van der Waals surface area contributed by atoms with E-state index < -0.39 is 0 Å². The van der Waals surface area contributed by atoms with Crippen LogP contribution in [0.1, 0.15) is 20.8 Å². The largest absolute Gasteiger partial charge is 0.383 e. The zero-order chi connectivity index (χ0) is 12.3. The lowest BCUT2D eigenvalue weighted by atomic mass is 10.1. The second-order valence-electron chi connectivity index (χ2n) is 5.09. The molecule has 0 bridgehead atoms. The van der Waals surface area contributed by atoms with Gasteiger partial charge in [0.1, 0.15) is 0 Å². The third-order valence-electron chi connectivity index (χ3n) is 3.16. The Hall–Kier alpha value is -1.22. The second kappa shape index (κ2) is 5.41. The van der Waals surface area contributed by atoms with E-state index in [4.69, 9.17) is 0 Å². The Labute approximate surface area is 104 Å². The summed E-state index contributed by atoms with van der Waals surface area (Å²) in [5.74, 6) is 0. The SMILES string of the molecule is CC(C)Nc1ccc(N2CCNC[C@@H]2C)cc1. The maximum absolute atomic E-state index is 3.42. The first-order valence-electron chi connectivity index (χ1n) is 6.51. The van der Waals surface area contributed by atoms with E-state index in [0.29, 0.717) is 12.1 Å². The topological polar surface area (TPSA) is 27.3 Å². The quantitative estimate of drug-likeness (QED) is 0.839. The average molecular weight is 233 g/mol. The van der Waals surface area contributed by atoms with Crippen LogP contribution in [0.15, 0.2) is 24.3 Å². The Morgan fingerprint density at radius 2 is 2.00 bits per heavy atom. The maximum atomic E-state index is 3.42. The van der Waals surface area contributed by atoms with E-state index in [1.165, 1.54) is 11.4 Å². The van der Waals surface area contributed by atoms with Gasteiger partial charge in [-0.15, -0.1) is 0 Å². The molecule has 0 radical (unpaired) electrons. The first-order chi connectivity index (χ1) is 8.16. The molecule has 3 nitrogen and oxygen atoms in total. The van der Waals surface area contributed by atoms with Crippen molar-refractivity contribution in [2.75, 3.05) is 29.9 Å². The van der Waals surface area contributed by atoms with E-state index in [1.54, 1.807) is 0 Å². The average Bonchev–Trinajstić information content (AvgIpc) is 2.30. The summed E-state index contributed by atoms with van der Waals surface area (Å²) in [7, 11) is 0. The van der Waals surface area contributed by atoms with Crippen molar-refractivity contribution in [3.63, 3.8) is 0 Å². The number of benzene rings is 1. The summed E-state index contributed by atoms with van der Waals surface area (Å²) in [5.41, 5.74) is 2.53. The lowest BCUT2D eigenvalue weighted by molar-refractivity contribution is 0.501. The highest BCUT2D eigenvalue weighted by atomic mass is 15.2. The molecule has 17 heavy (non-hydrogen) atoms. The highest BCUT2D eigenvalue weighted by Gasteiger charge is 2.17. The van der Waals surface area contributed by atoms with Crippen LogP contribution in [-0.4, -0.2) is 31.7 Å². The Bertz CT molecular complexity index is 345. The molecule has 94 valence electrons. The van der Waals surface area contributed by atoms with Gasteiger partial charge >= 0.3 is 0 Å². The minimum absolute atomic E-state index is 0.485. The fourth-order valence-corrected chi connectivity index (χ4v) is 2.31. The molecule has 1 heterocycles. The van der Waals surface area contributed by atoms with Crippen LogP contribution < -0.4 is 15.5 Å². The van der Waals surface area contributed by atoms with Gasteiger partial charge < -0.3 is 15.5 Å². The molecule has 1 fully saturated rings. The number of anilines is 2. The fraction of sp³-hybridized carbons (Fsp3) is 0.571. The minimum Gasteiger partial charge on any atom is -0.383 e. The molecule has 0 aromatic heterocycles. The Morgan fingerprint density at radius 1 is 1.29 bits per heavy atom. The first kappa shape index (κ1) is 12.2. The van der Waals surface area contributed by atoms with Crippen LogP contribution in [0.25, 0.3) is 0 Å². The molecule has 1 aromatic carbocycles. The summed E-state index contributed by atoms with van der Waals surface area (Å²) in [6, 6.07) is 9.83. The molecule has 0 saturated carbocycles. The zero-order valence-electron chi connectivity index (χ0n) is 11.0. The molecular weight excluding hydrogens is 210 g/mol. The van der Waals surface area contributed by atoms with Crippen molar-refractivity contribution >= 4 is 11.4 Å². The van der Waals surface area contributed by atoms with Gasteiger partial charge in [-0.1, -0.05) is 0 Å². The van der Waals surface area contributed by atoms with E-state index in [9.17, 15) is 0 Å². The standard InChI is InChI=1S/C14H23N3/c1-11(2)16-13-4-6-14(7-5-13)17-9-8-15-10-12(17)3/h4-7,11-12,15-16H,8-10H2,1-3H3/t12-/m0/s1. The molecule has 1 aliphatic rings. The predicted octanol–water partition coefficient (Wildman–Crippen LogP) is 2.30. The van der Waals surface area contributed by atoms with E-state index in [1.807, 2.05) is 0 Å². The van der Waals surface area contributed by atoms with Crippen molar-refractivity contribution in [3.8, 4) is 0 Å². The molecule has 0 aliphatic carbocycles. The normalized spacial score (nSPS) is 20.7. The lowest BCUT2D eigenvalue weighted by Crippen LogP contribution is -2.49. The molecule has 1 saturated heterocycles. The Morgan fingerprint density at radius 3 is 2.59 bits per heavy atom. The summed E-state index contributed by atoms with van der Waals surface area (Å²) >= 11 is 0. The Balaban J connectivity index is 2.06. The highest BCUT2D eigenvalue weighted by molar-refractivity contribution is 5.56. The zero-order valence-corrected chi connectivity index (χ0v) is 11.0. The van der Waals surface area contributed by atoms with Crippen LogP contribution in [0.5, 0.6) is 0 Å². The monoisotopic (exact) mass is 233 g/mol.